The average Bonchev–Trinajstić information content (AvgIpc) is 2.85. The Bertz CT molecular complexity index is 820. The minimum Gasteiger partial charge on any atom is -0.475 e. The third kappa shape index (κ3) is 12.3. The summed E-state index contributed by atoms with van der Waals surface area (Å²) in [6.45, 7) is 4.03. The second-order valence-corrected chi connectivity index (χ2v) is 8.35. The summed E-state index contributed by atoms with van der Waals surface area (Å²) in [6.07, 6.45) is 20.9. The summed E-state index contributed by atoms with van der Waals surface area (Å²) in [7, 11) is 0. The summed E-state index contributed by atoms with van der Waals surface area (Å²) >= 11 is 0. The highest BCUT2D eigenvalue weighted by molar-refractivity contribution is 6.35. The Kier molecular flexibility index (Phi) is 15.8. The van der Waals surface area contributed by atoms with E-state index in [4.69, 9.17) is 4.74 Å². The van der Waals surface area contributed by atoms with Gasteiger partial charge in [0.15, 0.2) is 6.10 Å². The predicted octanol–water partition coefficient (Wildman–Crippen LogP) is 7.24. The van der Waals surface area contributed by atoms with E-state index in [2.05, 4.69) is 13.0 Å². The molecule has 0 aliphatic rings. The van der Waals surface area contributed by atoms with Crippen LogP contribution in [0.15, 0.2) is 66.3 Å². The van der Waals surface area contributed by atoms with Crippen molar-refractivity contribution in [1.29, 1.82) is 0 Å². The van der Waals surface area contributed by atoms with E-state index >= 15 is 0 Å². The van der Waals surface area contributed by atoms with E-state index in [1.165, 1.54) is 57.8 Å². The van der Waals surface area contributed by atoms with E-state index in [0.717, 1.165) is 6.42 Å². The Labute approximate surface area is 204 Å². The lowest BCUT2D eigenvalue weighted by atomic mass is 10.0. The van der Waals surface area contributed by atoms with E-state index in [9.17, 15) is 19.5 Å². The topological polar surface area (TPSA) is 80.7 Å². The van der Waals surface area contributed by atoms with Crippen molar-refractivity contribution in [2.24, 2.45) is 0 Å². The van der Waals surface area contributed by atoms with Gasteiger partial charge >= 0.3 is 11.9 Å². The highest BCUT2D eigenvalue weighted by Gasteiger charge is 2.31. The van der Waals surface area contributed by atoms with E-state index < -0.39 is 23.8 Å². The predicted molar refractivity (Wildman–Crippen MR) is 137 cm³/mol. The first-order valence-corrected chi connectivity index (χ1v) is 12.6. The monoisotopic (exact) mass is 468 g/mol. The van der Waals surface area contributed by atoms with Crippen molar-refractivity contribution in [3.8, 4) is 0 Å². The average molecular weight is 469 g/mol. The highest BCUT2D eigenvalue weighted by atomic mass is 16.5. The molecule has 0 saturated heterocycles. The maximum Gasteiger partial charge on any atom is 0.376 e. The van der Waals surface area contributed by atoms with E-state index in [1.807, 2.05) is 12.2 Å². The van der Waals surface area contributed by atoms with E-state index in [0.29, 0.717) is 12.0 Å². The van der Waals surface area contributed by atoms with Gasteiger partial charge in [0.1, 0.15) is 0 Å². The van der Waals surface area contributed by atoms with Crippen molar-refractivity contribution >= 4 is 17.7 Å². The SMILES string of the molecule is CCCCCCCCCCCC=CC=CC=C(CC)C(OC(=O)c1ccccc1)C(=O)C(=O)O. The minimum absolute atomic E-state index is 0.260. The lowest BCUT2D eigenvalue weighted by Gasteiger charge is -2.17. The van der Waals surface area contributed by atoms with Gasteiger partial charge in [-0.2, -0.15) is 0 Å². The van der Waals surface area contributed by atoms with Crippen LogP contribution < -0.4 is 0 Å². The maximum atomic E-state index is 12.4. The summed E-state index contributed by atoms with van der Waals surface area (Å²) in [5.74, 6) is -3.52. The Morgan fingerprint density at radius 1 is 0.853 bits per heavy atom. The number of carboxylic acid groups (broad SMARTS) is 1. The molecule has 186 valence electrons. The summed E-state index contributed by atoms with van der Waals surface area (Å²) in [6, 6.07) is 8.20. The van der Waals surface area contributed by atoms with Crippen LogP contribution >= 0.6 is 0 Å². The van der Waals surface area contributed by atoms with Crippen LogP contribution in [0.1, 0.15) is 94.8 Å². The number of esters is 1. The zero-order chi connectivity index (χ0) is 25.0. The number of rotatable bonds is 18. The number of ether oxygens (including phenoxy) is 1. The molecule has 1 atom stereocenters. The molecule has 0 aromatic heterocycles. The van der Waals surface area contributed by atoms with Gasteiger partial charge in [-0.1, -0.05) is 114 Å². The molecule has 1 unspecified atom stereocenters. The van der Waals surface area contributed by atoms with Crippen molar-refractivity contribution < 1.29 is 24.2 Å². The largest absolute Gasteiger partial charge is 0.475 e. The van der Waals surface area contributed by atoms with Crippen LogP contribution in [0, 0.1) is 0 Å². The van der Waals surface area contributed by atoms with Gasteiger partial charge in [0, 0.05) is 0 Å². The summed E-state index contributed by atoms with van der Waals surface area (Å²) in [4.78, 5) is 35.9. The van der Waals surface area contributed by atoms with Crippen molar-refractivity contribution in [3.05, 3.63) is 71.8 Å². The fourth-order valence-corrected chi connectivity index (χ4v) is 3.54. The first-order chi connectivity index (χ1) is 16.5. The molecule has 5 heteroatoms. The summed E-state index contributed by atoms with van der Waals surface area (Å²) in [5.41, 5.74) is 0.691. The molecule has 0 radical (unpaired) electrons. The van der Waals surface area contributed by atoms with Crippen molar-refractivity contribution in [2.75, 3.05) is 0 Å². The smallest absolute Gasteiger partial charge is 0.376 e. The molecule has 0 aliphatic heterocycles. The molecule has 5 nitrogen and oxygen atoms in total. The highest BCUT2D eigenvalue weighted by Crippen LogP contribution is 2.16. The van der Waals surface area contributed by atoms with Gasteiger partial charge in [-0.25, -0.2) is 9.59 Å². The van der Waals surface area contributed by atoms with Gasteiger partial charge < -0.3 is 9.84 Å². The number of carbonyl (C=O) groups excluding carboxylic acids is 2. The molecule has 1 aromatic carbocycles. The lowest BCUT2D eigenvalue weighted by Crippen LogP contribution is -2.34. The number of benzene rings is 1. The summed E-state index contributed by atoms with van der Waals surface area (Å²) in [5, 5.41) is 9.18. The third-order valence-electron chi connectivity index (χ3n) is 5.57. The zero-order valence-electron chi connectivity index (χ0n) is 20.7. The molecule has 0 amide bonds. The van der Waals surface area contributed by atoms with Crippen LogP contribution in [0.4, 0.5) is 0 Å². The first-order valence-electron chi connectivity index (χ1n) is 12.6. The molecule has 0 heterocycles. The molecule has 1 rings (SSSR count). The molecule has 0 saturated carbocycles. The number of ketones is 1. The molecule has 1 aromatic rings. The van der Waals surface area contributed by atoms with Gasteiger partial charge in [0.05, 0.1) is 5.56 Å². The molecule has 0 fully saturated rings. The van der Waals surface area contributed by atoms with Gasteiger partial charge in [0.2, 0.25) is 0 Å². The van der Waals surface area contributed by atoms with Crippen LogP contribution in [-0.2, 0) is 14.3 Å². The number of unbranched alkanes of at least 4 members (excludes halogenated alkanes) is 9. The Hall–Kier alpha value is -2.95. The quantitative estimate of drug-likeness (QED) is 0.106. The van der Waals surface area contributed by atoms with Crippen LogP contribution in [0.25, 0.3) is 0 Å². The standard InChI is InChI=1S/C29H40O5/c1-3-5-6-7-8-9-10-11-12-13-14-15-16-18-21-24(4-2)27(26(30)28(31)32)34-29(33)25-22-19-17-20-23-25/h14-23,27H,3-13H2,1-2H3,(H,31,32). The number of hydrogen-bond acceptors (Lipinski definition) is 4. The number of aliphatic carboxylic acids is 1. The van der Waals surface area contributed by atoms with Crippen molar-refractivity contribution in [3.63, 3.8) is 0 Å². The van der Waals surface area contributed by atoms with Gasteiger partial charge in [0.25, 0.3) is 5.78 Å². The second-order valence-electron chi connectivity index (χ2n) is 8.35. The fraction of sp³-hybridized carbons (Fsp3) is 0.483. The zero-order valence-corrected chi connectivity index (χ0v) is 20.7. The Morgan fingerprint density at radius 3 is 2.06 bits per heavy atom. The molecule has 0 bridgehead atoms. The number of carbonyl (C=O) groups is 3. The number of Topliss-reactive ketones (excluding diaryl/α,β-unsaturated/α-hetero) is 1. The number of carboxylic acids is 1. The lowest BCUT2D eigenvalue weighted by molar-refractivity contribution is -0.152. The number of hydrogen-bond donors (Lipinski definition) is 1. The van der Waals surface area contributed by atoms with Crippen molar-refractivity contribution in [1.82, 2.24) is 0 Å². The molecule has 0 aliphatic carbocycles. The van der Waals surface area contributed by atoms with Gasteiger partial charge in [-0.05, 0) is 37.0 Å². The van der Waals surface area contributed by atoms with Crippen LogP contribution in [0.5, 0.6) is 0 Å². The van der Waals surface area contributed by atoms with Crippen LogP contribution in [0.3, 0.4) is 0 Å². The van der Waals surface area contributed by atoms with Crippen LogP contribution in [0.2, 0.25) is 0 Å². The minimum atomic E-state index is -1.63. The van der Waals surface area contributed by atoms with E-state index in [1.54, 1.807) is 49.4 Å². The van der Waals surface area contributed by atoms with E-state index in [-0.39, 0.29) is 5.56 Å². The molecular formula is C29H40O5. The van der Waals surface area contributed by atoms with Gasteiger partial charge in [-0.15, -0.1) is 0 Å². The molecular weight excluding hydrogens is 428 g/mol. The van der Waals surface area contributed by atoms with Gasteiger partial charge in [-0.3, -0.25) is 4.79 Å². The fourth-order valence-electron chi connectivity index (χ4n) is 3.54. The van der Waals surface area contributed by atoms with Crippen LogP contribution in [-0.4, -0.2) is 28.9 Å². The first kappa shape index (κ1) is 29.1. The normalized spacial score (nSPS) is 12.8. The maximum absolute atomic E-state index is 12.4. The molecule has 1 N–H and O–H groups in total. The van der Waals surface area contributed by atoms with Crippen molar-refractivity contribution in [2.45, 2.75) is 90.6 Å². The second kappa shape index (κ2) is 18.5. The Balaban J connectivity index is 2.53. The summed E-state index contributed by atoms with van der Waals surface area (Å²) < 4.78 is 5.29. The molecule has 0 spiro atoms. The molecule has 34 heavy (non-hydrogen) atoms. The third-order valence-corrected chi connectivity index (χ3v) is 5.57. The number of allylic oxidation sites excluding steroid dienone is 5. The Morgan fingerprint density at radius 2 is 1.47 bits per heavy atom.